The number of hydrogen-bond donors (Lipinski definition) is 0. The van der Waals surface area contributed by atoms with Crippen molar-refractivity contribution < 1.29 is 32.4 Å². The first-order chi connectivity index (χ1) is 11.8. The van der Waals surface area contributed by atoms with E-state index in [9.17, 15) is 28.1 Å². The average Bonchev–Trinajstić information content (AvgIpc) is 2.58. The fourth-order valence-electron chi connectivity index (χ4n) is 1.78. The van der Waals surface area contributed by atoms with Gasteiger partial charge in [-0.2, -0.15) is 13.2 Å². The molecule has 7 nitrogen and oxygen atoms in total. The number of carbonyl (C=O) groups is 1. The lowest BCUT2D eigenvalue weighted by Crippen LogP contribution is -2.19. The number of benzene rings is 1. The van der Waals surface area contributed by atoms with Crippen molar-refractivity contribution >= 4 is 11.7 Å². The van der Waals surface area contributed by atoms with Crippen LogP contribution in [0.15, 0.2) is 42.6 Å². The van der Waals surface area contributed by atoms with E-state index in [4.69, 9.17) is 4.74 Å². The number of hydrogen-bond acceptors (Lipinski definition) is 6. The van der Waals surface area contributed by atoms with Crippen LogP contribution in [0.5, 0.6) is 5.88 Å². The van der Waals surface area contributed by atoms with Crippen LogP contribution in [0.3, 0.4) is 0 Å². The molecule has 0 amide bonds. The summed E-state index contributed by atoms with van der Waals surface area (Å²) in [5, 5.41) is 10.9. The normalized spacial score (nSPS) is 11.0. The summed E-state index contributed by atoms with van der Waals surface area (Å²) in [6.45, 7) is -1.83. The first-order valence-corrected chi connectivity index (χ1v) is 6.81. The van der Waals surface area contributed by atoms with Gasteiger partial charge in [0.25, 0.3) is 5.69 Å². The van der Waals surface area contributed by atoms with Crippen molar-refractivity contribution in [2.45, 2.75) is 12.8 Å². The number of carbonyl (C=O) groups excluding carboxylic acids is 1. The van der Waals surface area contributed by atoms with Crippen molar-refractivity contribution in [1.82, 2.24) is 4.98 Å². The van der Waals surface area contributed by atoms with E-state index in [1.807, 2.05) is 0 Å². The number of halogens is 3. The summed E-state index contributed by atoms with van der Waals surface area (Å²) >= 11 is 0. The Morgan fingerprint density at radius 1 is 1.20 bits per heavy atom. The summed E-state index contributed by atoms with van der Waals surface area (Å²) in [5.74, 6) is -1.12. The monoisotopic (exact) mass is 356 g/mol. The third kappa shape index (κ3) is 5.44. The van der Waals surface area contributed by atoms with E-state index >= 15 is 0 Å². The second-order valence-electron chi connectivity index (χ2n) is 4.75. The van der Waals surface area contributed by atoms with Gasteiger partial charge in [0.05, 0.1) is 16.1 Å². The fourth-order valence-corrected chi connectivity index (χ4v) is 1.78. The Bertz CT molecular complexity index is 763. The molecular weight excluding hydrogens is 345 g/mol. The second-order valence-corrected chi connectivity index (χ2v) is 4.75. The van der Waals surface area contributed by atoms with E-state index in [1.165, 1.54) is 24.3 Å². The minimum atomic E-state index is -4.50. The SMILES string of the molecule is O=C(OCc1ccccc1[N+](=O)[O-])c1ccc(OCC(F)(F)F)nc1. The van der Waals surface area contributed by atoms with Crippen LogP contribution in [-0.2, 0) is 11.3 Å². The molecule has 0 aliphatic heterocycles. The summed E-state index contributed by atoms with van der Waals surface area (Å²) in [6, 6.07) is 8.03. The Kier molecular flexibility index (Phi) is 5.52. The maximum absolute atomic E-state index is 12.0. The van der Waals surface area contributed by atoms with Gasteiger partial charge in [-0.15, -0.1) is 0 Å². The highest BCUT2D eigenvalue weighted by molar-refractivity contribution is 5.89. The van der Waals surface area contributed by atoms with Crippen LogP contribution in [0, 0.1) is 10.1 Å². The molecule has 0 unspecified atom stereocenters. The van der Waals surface area contributed by atoms with Gasteiger partial charge in [0.2, 0.25) is 5.88 Å². The molecule has 25 heavy (non-hydrogen) atoms. The minimum Gasteiger partial charge on any atom is -0.468 e. The lowest BCUT2D eigenvalue weighted by molar-refractivity contribution is -0.385. The Balaban J connectivity index is 1.96. The molecule has 1 aromatic carbocycles. The highest BCUT2D eigenvalue weighted by Gasteiger charge is 2.28. The molecule has 132 valence electrons. The predicted molar refractivity (Wildman–Crippen MR) is 78.0 cm³/mol. The number of ether oxygens (including phenoxy) is 2. The molecule has 0 N–H and O–H groups in total. The number of alkyl halides is 3. The zero-order chi connectivity index (χ0) is 18.4. The van der Waals surface area contributed by atoms with E-state index in [1.54, 1.807) is 6.07 Å². The number of nitro groups is 1. The topological polar surface area (TPSA) is 91.6 Å². The minimum absolute atomic E-state index is 0.0297. The Morgan fingerprint density at radius 2 is 1.92 bits per heavy atom. The maximum atomic E-state index is 12.0. The zero-order valence-electron chi connectivity index (χ0n) is 12.5. The van der Waals surface area contributed by atoms with E-state index in [0.717, 1.165) is 12.3 Å². The van der Waals surface area contributed by atoms with Crippen LogP contribution < -0.4 is 4.74 Å². The van der Waals surface area contributed by atoms with Crippen LogP contribution in [0.25, 0.3) is 0 Å². The molecule has 10 heteroatoms. The van der Waals surface area contributed by atoms with Crippen molar-refractivity contribution in [2.24, 2.45) is 0 Å². The highest BCUT2D eigenvalue weighted by atomic mass is 19.4. The van der Waals surface area contributed by atoms with Gasteiger partial charge < -0.3 is 9.47 Å². The Labute approximate surface area is 139 Å². The van der Waals surface area contributed by atoms with E-state index < -0.39 is 23.7 Å². The fraction of sp³-hybridized carbons (Fsp3) is 0.200. The third-order valence-corrected chi connectivity index (χ3v) is 2.90. The molecule has 0 fully saturated rings. The van der Waals surface area contributed by atoms with Crippen LogP contribution >= 0.6 is 0 Å². The Morgan fingerprint density at radius 3 is 2.52 bits per heavy atom. The first kappa shape index (κ1) is 18.2. The molecule has 0 aliphatic carbocycles. The quantitative estimate of drug-likeness (QED) is 0.448. The lowest BCUT2D eigenvalue weighted by Gasteiger charge is -2.09. The molecule has 0 bridgehead atoms. The number of rotatable bonds is 6. The van der Waals surface area contributed by atoms with Gasteiger partial charge >= 0.3 is 12.1 Å². The summed E-state index contributed by atoms with van der Waals surface area (Å²) < 4.78 is 45.4. The molecule has 0 atom stereocenters. The highest BCUT2D eigenvalue weighted by Crippen LogP contribution is 2.20. The lowest BCUT2D eigenvalue weighted by atomic mass is 10.2. The largest absolute Gasteiger partial charge is 0.468 e. The van der Waals surface area contributed by atoms with Crippen molar-refractivity contribution in [1.29, 1.82) is 0 Å². The van der Waals surface area contributed by atoms with Gasteiger partial charge in [-0.05, 0) is 12.1 Å². The third-order valence-electron chi connectivity index (χ3n) is 2.90. The standard InChI is InChI=1S/C15H11F3N2O5/c16-15(17,18)9-25-13-6-5-10(7-19-13)14(21)24-8-11-3-1-2-4-12(11)20(22)23/h1-7H,8-9H2. The zero-order valence-corrected chi connectivity index (χ0v) is 12.5. The molecule has 2 aromatic rings. The molecule has 0 aliphatic rings. The average molecular weight is 356 g/mol. The molecule has 1 heterocycles. The van der Waals surface area contributed by atoms with Crippen LogP contribution in [0.2, 0.25) is 0 Å². The van der Waals surface area contributed by atoms with Gasteiger partial charge in [0, 0.05) is 18.3 Å². The molecule has 0 saturated heterocycles. The number of nitrogens with zero attached hydrogens (tertiary/aromatic N) is 2. The number of aromatic nitrogens is 1. The summed E-state index contributed by atoms with van der Waals surface area (Å²) in [4.78, 5) is 25.7. The smallest absolute Gasteiger partial charge is 0.422 e. The Hall–Kier alpha value is -3.17. The number of nitro benzene ring substituents is 1. The first-order valence-electron chi connectivity index (χ1n) is 6.81. The maximum Gasteiger partial charge on any atom is 0.422 e. The molecule has 1 aromatic heterocycles. The van der Waals surface area contributed by atoms with E-state index in [2.05, 4.69) is 9.72 Å². The molecule has 0 spiro atoms. The molecule has 2 rings (SSSR count). The van der Waals surface area contributed by atoms with Gasteiger partial charge in [-0.3, -0.25) is 10.1 Å². The van der Waals surface area contributed by atoms with Crippen molar-refractivity contribution in [3.05, 3.63) is 63.8 Å². The summed E-state index contributed by atoms with van der Waals surface area (Å²) in [6.07, 6.45) is -3.50. The van der Waals surface area contributed by atoms with Crippen LogP contribution in [0.4, 0.5) is 18.9 Å². The van der Waals surface area contributed by atoms with Crippen LogP contribution in [-0.4, -0.2) is 28.7 Å². The predicted octanol–water partition coefficient (Wildman–Crippen LogP) is 3.29. The van der Waals surface area contributed by atoms with Crippen molar-refractivity contribution in [3.63, 3.8) is 0 Å². The number of pyridine rings is 1. The number of para-hydroxylation sites is 1. The molecular formula is C15H11F3N2O5. The van der Waals surface area contributed by atoms with Gasteiger partial charge in [-0.25, -0.2) is 9.78 Å². The second kappa shape index (κ2) is 7.60. The van der Waals surface area contributed by atoms with E-state index in [-0.39, 0.29) is 29.3 Å². The molecule has 0 radical (unpaired) electrons. The summed E-state index contributed by atoms with van der Waals surface area (Å²) in [7, 11) is 0. The van der Waals surface area contributed by atoms with Gasteiger partial charge in [0.1, 0.15) is 6.61 Å². The van der Waals surface area contributed by atoms with Gasteiger partial charge in [-0.1, -0.05) is 12.1 Å². The van der Waals surface area contributed by atoms with Crippen molar-refractivity contribution in [3.8, 4) is 5.88 Å². The van der Waals surface area contributed by atoms with Crippen molar-refractivity contribution in [2.75, 3.05) is 6.61 Å². The van der Waals surface area contributed by atoms with Gasteiger partial charge in [0.15, 0.2) is 6.61 Å². The van der Waals surface area contributed by atoms with Crippen LogP contribution in [0.1, 0.15) is 15.9 Å². The summed E-state index contributed by atoms with van der Waals surface area (Å²) in [5.41, 5.74) is -0.0128. The van der Waals surface area contributed by atoms with E-state index in [0.29, 0.717) is 0 Å². The molecule has 0 saturated carbocycles. The number of esters is 1.